The van der Waals surface area contributed by atoms with E-state index in [1.54, 1.807) is 6.07 Å². The van der Waals surface area contributed by atoms with Crippen molar-refractivity contribution in [2.75, 3.05) is 33.4 Å². The lowest BCUT2D eigenvalue weighted by Gasteiger charge is -2.34. The van der Waals surface area contributed by atoms with Crippen molar-refractivity contribution in [3.63, 3.8) is 0 Å². The first-order valence-electron chi connectivity index (χ1n) is 9.91. The lowest BCUT2D eigenvalue weighted by atomic mass is 9.78. The second-order valence-electron chi connectivity index (χ2n) is 7.73. The number of rotatable bonds is 5. The molecule has 1 aromatic carbocycles. The summed E-state index contributed by atoms with van der Waals surface area (Å²) in [6.07, 6.45) is 3.19. The first-order chi connectivity index (χ1) is 13.3. The highest BCUT2D eigenvalue weighted by molar-refractivity contribution is 7.89. The first-order valence-corrected chi connectivity index (χ1v) is 11.4. The molecule has 1 aliphatic heterocycles. The smallest absolute Gasteiger partial charge is 0.255 e. The molecule has 0 radical (unpaired) electrons. The van der Waals surface area contributed by atoms with E-state index in [2.05, 4.69) is 19.2 Å². The van der Waals surface area contributed by atoms with Crippen molar-refractivity contribution in [3.8, 4) is 5.75 Å². The highest BCUT2D eigenvalue weighted by atomic mass is 32.2. The molecule has 1 saturated heterocycles. The molecular weight excluding hydrogens is 380 g/mol. The van der Waals surface area contributed by atoms with E-state index in [-0.39, 0.29) is 22.4 Å². The number of nitrogens with zero attached hydrogens (tertiary/aromatic N) is 1. The van der Waals surface area contributed by atoms with Crippen LogP contribution >= 0.6 is 0 Å². The molecule has 1 saturated carbocycles. The standard InChI is InChI=1S/C20H30N2O5S/c1-14-5-4-6-18(15(14)2)21-20(23)17-13-16(7-8-19(17)26-3)28(24,25)22-9-11-27-12-10-22/h7-8,13-15,18H,4-6,9-12H2,1-3H3,(H,21,23). The molecule has 7 nitrogen and oxygen atoms in total. The molecule has 0 spiro atoms. The highest BCUT2D eigenvalue weighted by Crippen LogP contribution is 2.31. The van der Waals surface area contributed by atoms with Gasteiger partial charge in [0.25, 0.3) is 5.91 Å². The number of carbonyl (C=O) groups is 1. The van der Waals surface area contributed by atoms with E-state index in [9.17, 15) is 13.2 Å². The maximum Gasteiger partial charge on any atom is 0.255 e. The number of ether oxygens (including phenoxy) is 2. The van der Waals surface area contributed by atoms with Crippen molar-refractivity contribution in [1.82, 2.24) is 9.62 Å². The van der Waals surface area contributed by atoms with Gasteiger partial charge in [-0.15, -0.1) is 0 Å². The fourth-order valence-corrected chi connectivity index (χ4v) is 5.43. The summed E-state index contributed by atoms with van der Waals surface area (Å²) in [5.41, 5.74) is 0.252. The maximum atomic E-state index is 13.0. The molecule has 3 rings (SSSR count). The molecule has 8 heteroatoms. The third-order valence-corrected chi connectivity index (χ3v) is 7.94. The number of amides is 1. The summed E-state index contributed by atoms with van der Waals surface area (Å²) in [6, 6.07) is 4.55. The van der Waals surface area contributed by atoms with Crippen LogP contribution in [0.4, 0.5) is 0 Å². The molecular formula is C20H30N2O5S. The monoisotopic (exact) mass is 410 g/mol. The van der Waals surface area contributed by atoms with Crippen molar-refractivity contribution >= 4 is 15.9 Å². The van der Waals surface area contributed by atoms with Gasteiger partial charge in [0.05, 0.1) is 30.8 Å². The molecule has 28 heavy (non-hydrogen) atoms. The number of morpholine rings is 1. The SMILES string of the molecule is COc1ccc(S(=O)(=O)N2CCOCC2)cc1C(=O)NC1CCCC(C)C1C. The van der Waals surface area contributed by atoms with Crippen LogP contribution in [0.15, 0.2) is 23.1 Å². The Bertz CT molecular complexity index is 805. The summed E-state index contributed by atoms with van der Waals surface area (Å²) < 4.78 is 37.9. The first kappa shape index (κ1) is 21.1. The molecule has 3 atom stereocenters. The minimum atomic E-state index is -3.68. The lowest BCUT2D eigenvalue weighted by molar-refractivity contribution is 0.0730. The van der Waals surface area contributed by atoms with Crippen molar-refractivity contribution in [2.24, 2.45) is 11.8 Å². The second-order valence-corrected chi connectivity index (χ2v) is 9.66. The summed E-state index contributed by atoms with van der Waals surface area (Å²) in [7, 11) is -2.20. The molecule has 1 N–H and O–H groups in total. The highest BCUT2D eigenvalue weighted by Gasteiger charge is 2.31. The summed E-state index contributed by atoms with van der Waals surface area (Å²) in [5.74, 6) is 1.01. The molecule has 1 heterocycles. The van der Waals surface area contributed by atoms with Crippen molar-refractivity contribution in [3.05, 3.63) is 23.8 Å². The van der Waals surface area contributed by atoms with E-state index in [0.29, 0.717) is 43.9 Å². The number of sulfonamides is 1. The zero-order chi connectivity index (χ0) is 20.3. The van der Waals surface area contributed by atoms with Gasteiger partial charge in [-0.2, -0.15) is 4.31 Å². The Morgan fingerprint density at radius 3 is 2.61 bits per heavy atom. The van der Waals surface area contributed by atoms with Gasteiger partial charge in [-0.1, -0.05) is 26.7 Å². The Labute approximate surface area is 167 Å². The maximum absolute atomic E-state index is 13.0. The third-order valence-electron chi connectivity index (χ3n) is 6.05. The molecule has 0 bridgehead atoms. The topological polar surface area (TPSA) is 84.9 Å². The van der Waals surface area contributed by atoms with Gasteiger partial charge in [-0.05, 0) is 36.5 Å². The minimum Gasteiger partial charge on any atom is -0.496 e. The third kappa shape index (κ3) is 4.34. The van der Waals surface area contributed by atoms with Gasteiger partial charge >= 0.3 is 0 Å². The van der Waals surface area contributed by atoms with Gasteiger partial charge in [0, 0.05) is 19.1 Å². The average Bonchev–Trinajstić information content (AvgIpc) is 2.71. The fourth-order valence-electron chi connectivity index (χ4n) is 3.99. The molecule has 156 valence electrons. The molecule has 1 aromatic rings. The lowest BCUT2D eigenvalue weighted by Crippen LogP contribution is -2.44. The number of hydrogen-bond donors (Lipinski definition) is 1. The van der Waals surface area contributed by atoms with E-state index in [0.717, 1.165) is 12.8 Å². The van der Waals surface area contributed by atoms with E-state index in [1.807, 2.05) is 0 Å². The Balaban J connectivity index is 1.85. The molecule has 2 fully saturated rings. The van der Waals surface area contributed by atoms with Crippen LogP contribution in [0.25, 0.3) is 0 Å². The molecule has 1 amide bonds. The van der Waals surface area contributed by atoms with E-state index in [4.69, 9.17) is 9.47 Å². The zero-order valence-electron chi connectivity index (χ0n) is 16.8. The van der Waals surface area contributed by atoms with Crippen LogP contribution in [0.5, 0.6) is 5.75 Å². The van der Waals surface area contributed by atoms with Crippen LogP contribution < -0.4 is 10.1 Å². The Hall–Kier alpha value is -1.64. The molecule has 2 aliphatic rings. The average molecular weight is 411 g/mol. The number of hydrogen-bond acceptors (Lipinski definition) is 5. The van der Waals surface area contributed by atoms with Crippen LogP contribution in [0, 0.1) is 11.8 Å². The van der Waals surface area contributed by atoms with Gasteiger partial charge < -0.3 is 14.8 Å². The Kier molecular flexibility index (Phi) is 6.62. The van der Waals surface area contributed by atoms with Gasteiger partial charge in [-0.3, -0.25) is 4.79 Å². The zero-order valence-corrected chi connectivity index (χ0v) is 17.6. The van der Waals surface area contributed by atoms with Crippen molar-refractivity contribution in [2.45, 2.75) is 44.0 Å². The molecule has 1 aliphatic carbocycles. The largest absolute Gasteiger partial charge is 0.496 e. The predicted molar refractivity (Wildman–Crippen MR) is 106 cm³/mol. The quantitative estimate of drug-likeness (QED) is 0.805. The minimum absolute atomic E-state index is 0.0838. The van der Waals surface area contributed by atoms with Gasteiger partial charge in [0.1, 0.15) is 5.75 Å². The number of carbonyl (C=O) groups excluding carboxylic acids is 1. The Morgan fingerprint density at radius 2 is 1.93 bits per heavy atom. The fraction of sp³-hybridized carbons (Fsp3) is 0.650. The molecule has 3 unspecified atom stereocenters. The van der Waals surface area contributed by atoms with Gasteiger partial charge in [0.2, 0.25) is 10.0 Å². The molecule has 0 aromatic heterocycles. The van der Waals surface area contributed by atoms with Crippen LogP contribution in [0.1, 0.15) is 43.5 Å². The van der Waals surface area contributed by atoms with Crippen LogP contribution in [-0.2, 0) is 14.8 Å². The normalized spacial score (nSPS) is 26.6. The predicted octanol–water partition coefficient (Wildman–Crippen LogP) is 2.27. The van der Waals surface area contributed by atoms with Crippen molar-refractivity contribution in [1.29, 1.82) is 0 Å². The van der Waals surface area contributed by atoms with Gasteiger partial charge in [0.15, 0.2) is 0 Å². The Morgan fingerprint density at radius 1 is 1.21 bits per heavy atom. The summed E-state index contributed by atoms with van der Waals surface area (Å²) >= 11 is 0. The second kappa shape index (κ2) is 8.80. The number of nitrogens with one attached hydrogen (secondary N) is 1. The number of methoxy groups -OCH3 is 1. The summed E-state index contributed by atoms with van der Waals surface area (Å²) in [6.45, 7) is 5.74. The van der Waals surface area contributed by atoms with E-state index < -0.39 is 10.0 Å². The van der Waals surface area contributed by atoms with Crippen molar-refractivity contribution < 1.29 is 22.7 Å². The van der Waals surface area contributed by atoms with Crippen LogP contribution in [0.2, 0.25) is 0 Å². The van der Waals surface area contributed by atoms with Crippen LogP contribution in [0.3, 0.4) is 0 Å². The van der Waals surface area contributed by atoms with Crippen LogP contribution in [-0.4, -0.2) is 58.1 Å². The summed E-state index contributed by atoms with van der Waals surface area (Å²) in [4.78, 5) is 13.1. The summed E-state index contributed by atoms with van der Waals surface area (Å²) in [5, 5.41) is 3.10. The van der Waals surface area contributed by atoms with Gasteiger partial charge in [-0.25, -0.2) is 8.42 Å². The van der Waals surface area contributed by atoms with E-state index >= 15 is 0 Å². The van der Waals surface area contributed by atoms with E-state index in [1.165, 1.54) is 30.0 Å². The number of benzene rings is 1.